The Morgan fingerprint density at radius 3 is 2.56 bits per heavy atom. The maximum absolute atomic E-state index is 13.5. The molecular formula is C14H13ClFNO. The van der Waals surface area contributed by atoms with Gasteiger partial charge in [-0.1, -0.05) is 41.9 Å². The van der Waals surface area contributed by atoms with Crippen molar-refractivity contribution < 1.29 is 9.13 Å². The highest BCUT2D eigenvalue weighted by atomic mass is 35.5. The molecule has 0 heterocycles. The predicted octanol–water partition coefficient (Wildman–Crippen LogP) is 3.52. The van der Waals surface area contributed by atoms with Gasteiger partial charge in [0.05, 0.1) is 5.02 Å². The Hall–Kier alpha value is -1.58. The van der Waals surface area contributed by atoms with Crippen LogP contribution in [0, 0.1) is 5.82 Å². The number of hydrogen-bond acceptors (Lipinski definition) is 2. The summed E-state index contributed by atoms with van der Waals surface area (Å²) < 4.78 is 18.9. The zero-order chi connectivity index (χ0) is 13.0. The lowest BCUT2D eigenvalue weighted by Gasteiger charge is -2.09. The number of halogens is 2. The summed E-state index contributed by atoms with van der Waals surface area (Å²) >= 11 is 5.87. The van der Waals surface area contributed by atoms with Crippen molar-refractivity contribution in [2.45, 2.75) is 13.2 Å². The third-order valence-corrected chi connectivity index (χ3v) is 2.83. The van der Waals surface area contributed by atoms with Crippen molar-refractivity contribution in [3.63, 3.8) is 0 Å². The van der Waals surface area contributed by atoms with Crippen LogP contribution < -0.4 is 10.5 Å². The fraction of sp³-hybridized carbons (Fsp3) is 0.143. The molecule has 2 aromatic rings. The molecule has 0 atom stereocenters. The first-order valence-corrected chi connectivity index (χ1v) is 5.93. The second kappa shape index (κ2) is 5.85. The molecule has 0 saturated heterocycles. The Morgan fingerprint density at radius 2 is 1.83 bits per heavy atom. The summed E-state index contributed by atoms with van der Waals surface area (Å²) in [7, 11) is 0. The first kappa shape index (κ1) is 12.9. The van der Waals surface area contributed by atoms with Crippen molar-refractivity contribution in [1.29, 1.82) is 0 Å². The maximum atomic E-state index is 13.5. The lowest BCUT2D eigenvalue weighted by molar-refractivity contribution is 0.290. The average Bonchev–Trinajstić information content (AvgIpc) is 2.38. The van der Waals surface area contributed by atoms with Crippen LogP contribution in [0.2, 0.25) is 5.02 Å². The zero-order valence-corrected chi connectivity index (χ0v) is 10.5. The van der Waals surface area contributed by atoms with E-state index in [9.17, 15) is 4.39 Å². The van der Waals surface area contributed by atoms with Crippen LogP contribution in [0.4, 0.5) is 4.39 Å². The zero-order valence-electron chi connectivity index (χ0n) is 9.70. The van der Waals surface area contributed by atoms with Crippen LogP contribution in [-0.2, 0) is 13.2 Å². The highest BCUT2D eigenvalue weighted by Gasteiger charge is 2.08. The van der Waals surface area contributed by atoms with Crippen molar-refractivity contribution >= 4 is 11.6 Å². The fourth-order valence-electron chi connectivity index (χ4n) is 1.62. The van der Waals surface area contributed by atoms with E-state index in [4.69, 9.17) is 22.1 Å². The molecule has 0 aromatic heterocycles. The molecule has 94 valence electrons. The van der Waals surface area contributed by atoms with Crippen molar-refractivity contribution in [2.75, 3.05) is 0 Å². The minimum Gasteiger partial charge on any atom is -0.484 e. The van der Waals surface area contributed by atoms with E-state index in [1.165, 1.54) is 6.07 Å². The first-order chi connectivity index (χ1) is 8.70. The molecule has 0 unspecified atom stereocenters. The van der Waals surface area contributed by atoms with E-state index < -0.39 is 5.82 Å². The molecule has 2 nitrogen and oxygen atoms in total. The van der Waals surface area contributed by atoms with E-state index in [0.29, 0.717) is 6.54 Å². The van der Waals surface area contributed by atoms with Gasteiger partial charge >= 0.3 is 0 Å². The smallest absolute Gasteiger partial charge is 0.174 e. The fourth-order valence-corrected chi connectivity index (χ4v) is 1.84. The standard InChI is InChI=1S/C14H13ClFNO/c15-12-5-2-6-13(16)14(12)18-9-11-4-1-3-10(7-11)8-17/h1-7H,8-9,17H2. The molecule has 0 bridgehead atoms. The lowest BCUT2D eigenvalue weighted by Crippen LogP contribution is -2.01. The van der Waals surface area contributed by atoms with Gasteiger partial charge in [-0.15, -0.1) is 0 Å². The van der Waals surface area contributed by atoms with Crippen LogP contribution >= 0.6 is 11.6 Å². The molecule has 0 radical (unpaired) electrons. The molecule has 0 saturated carbocycles. The summed E-state index contributed by atoms with van der Waals surface area (Å²) in [6.07, 6.45) is 0. The Bertz CT molecular complexity index is 525. The monoisotopic (exact) mass is 265 g/mol. The molecule has 4 heteroatoms. The molecule has 2 aromatic carbocycles. The van der Waals surface area contributed by atoms with E-state index in [1.54, 1.807) is 12.1 Å². The minimum absolute atomic E-state index is 0.0809. The number of nitrogens with two attached hydrogens (primary N) is 1. The normalized spacial score (nSPS) is 10.4. The van der Waals surface area contributed by atoms with Gasteiger partial charge in [-0.2, -0.15) is 0 Å². The molecule has 0 amide bonds. The van der Waals surface area contributed by atoms with Gasteiger partial charge in [0.2, 0.25) is 0 Å². The van der Waals surface area contributed by atoms with E-state index in [2.05, 4.69) is 0 Å². The van der Waals surface area contributed by atoms with Gasteiger partial charge < -0.3 is 10.5 Å². The molecule has 0 aliphatic carbocycles. The van der Waals surface area contributed by atoms with Crippen molar-refractivity contribution in [3.8, 4) is 5.75 Å². The van der Waals surface area contributed by atoms with Crippen LogP contribution in [0.3, 0.4) is 0 Å². The van der Waals surface area contributed by atoms with Gasteiger partial charge in [0.1, 0.15) is 6.61 Å². The molecule has 18 heavy (non-hydrogen) atoms. The largest absolute Gasteiger partial charge is 0.484 e. The van der Waals surface area contributed by atoms with Crippen molar-refractivity contribution in [1.82, 2.24) is 0 Å². The minimum atomic E-state index is -0.461. The highest BCUT2D eigenvalue weighted by Crippen LogP contribution is 2.27. The third-order valence-electron chi connectivity index (χ3n) is 2.53. The second-order valence-electron chi connectivity index (χ2n) is 3.86. The molecule has 2 rings (SSSR count). The average molecular weight is 266 g/mol. The predicted molar refractivity (Wildman–Crippen MR) is 70.1 cm³/mol. The number of para-hydroxylation sites is 1. The SMILES string of the molecule is NCc1cccc(COc2c(F)cccc2Cl)c1. The van der Waals surface area contributed by atoms with E-state index in [-0.39, 0.29) is 17.4 Å². The van der Waals surface area contributed by atoms with Gasteiger partial charge in [-0.3, -0.25) is 0 Å². The third kappa shape index (κ3) is 3.00. The highest BCUT2D eigenvalue weighted by molar-refractivity contribution is 6.32. The molecule has 2 N–H and O–H groups in total. The lowest BCUT2D eigenvalue weighted by atomic mass is 10.1. The van der Waals surface area contributed by atoms with Crippen molar-refractivity contribution in [2.24, 2.45) is 5.73 Å². The second-order valence-corrected chi connectivity index (χ2v) is 4.27. The Labute approximate surface area is 110 Å². The molecule has 0 fully saturated rings. The van der Waals surface area contributed by atoms with Crippen molar-refractivity contribution in [3.05, 3.63) is 64.4 Å². The maximum Gasteiger partial charge on any atom is 0.174 e. The Balaban J connectivity index is 2.11. The number of hydrogen-bond donors (Lipinski definition) is 1. The van der Waals surface area contributed by atoms with E-state index in [0.717, 1.165) is 11.1 Å². The molecule has 0 spiro atoms. The van der Waals surface area contributed by atoms with Gasteiger partial charge in [0, 0.05) is 6.54 Å². The van der Waals surface area contributed by atoms with Gasteiger partial charge in [-0.25, -0.2) is 4.39 Å². The molecule has 0 aliphatic rings. The Kier molecular flexibility index (Phi) is 4.18. The molecule has 0 aliphatic heterocycles. The Morgan fingerprint density at radius 1 is 1.11 bits per heavy atom. The van der Waals surface area contributed by atoms with E-state index >= 15 is 0 Å². The van der Waals surface area contributed by atoms with E-state index in [1.807, 2.05) is 24.3 Å². The topological polar surface area (TPSA) is 35.2 Å². The summed E-state index contributed by atoms with van der Waals surface area (Å²) in [4.78, 5) is 0. The van der Waals surface area contributed by atoms with Crippen LogP contribution in [0.1, 0.15) is 11.1 Å². The first-order valence-electron chi connectivity index (χ1n) is 5.55. The van der Waals surface area contributed by atoms with Crippen LogP contribution in [0.5, 0.6) is 5.75 Å². The quantitative estimate of drug-likeness (QED) is 0.918. The summed E-state index contributed by atoms with van der Waals surface area (Å²) in [5.41, 5.74) is 7.49. The number of rotatable bonds is 4. The summed E-state index contributed by atoms with van der Waals surface area (Å²) in [6, 6.07) is 12.1. The van der Waals surface area contributed by atoms with Gasteiger partial charge in [0.15, 0.2) is 11.6 Å². The molecular weight excluding hydrogens is 253 g/mol. The van der Waals surface area contributed by atoms with Crippen LogP contribution in [-0.4, -0.2) is 0 Å². The summed E-state index contributed by atoms with van der Waals surface area (Å²) in [5, 5.41) is 0.268. The number of benzene rings is 2. The van der Waals surface area contributed by atoms with Crippen LogP contribution in [0.15, 0.2) is 42.5 Å². The summed E-state index contributed by atoms with van der Waals surface area (Å²) in [6.45, 7) is 0.725. The van der Waals surface area contributed by atoms with Crippen LogP contribution in [0.25, 0.3) is 0 Å². The summed E-state index contributed by atoms with van der Waals surface area (Å²) in [5.74, 6) is -0.380. The van der Waals surface area contributed by atoms with Gasteiger partial charge in [-0.05, 0) is 23.3 Å². The van der Waals surface area contributed by atoms with Gasteiger partial charge in [0.25, 0.3) is 0 Å². The number of ether oxygens (including phenoxy) is 1.